The smallest absolute Gasteiger partial charge is 0.323 e. The summed E-state index contributed by atoms with van der Waals surface area (Å²) in [6.07, 6.45) is 1.89. The lowest BCUT2D eigenvalue weighted by Crippen LogP contribution is -2.50. The summed E-state index contributed by atoms with van der Waals surface area (Å²) in [5, 5.41) is 21.0. The maximum Gasteiger partial charge on any atom is 0.323 e. The zero-order chi connectivity index (χ0) is 10.6. The molecule has 0 amide bonds. The third-order valence-corrected chi connectivity index (χ3v) is 2.83. The summed E-state index contributed by atoms with van der Waals surface area (Å²) in [4.78, 5) is 12.6. The molecule has 1 atom stereocenters. The molecule has 3 N–H and O–H groups in total. The maximum atomic E-state index is 10.8. The van der Waals surface area contributed by atoms with Gasteiger partial charge in [-0.3, -0.25) is 9.69 Å². The highest BCUT2D eigenvalue weighted by molar-refractivity contribution is 5.73. The highest BCUT2D eigenvalue weighted by Crippen LogP contribution is 2.12. The third-order valence-electron chi connectivity index (χ3n) is 2.83. The minimum atomic E-state index is -0.950. The van der Waals surface area contributed by atoms with Crippen LogP contribution in [0.15, 0.2) is 0 Å². The fourth-order valence-corrected chi connectivity index (χ4v) is 1.85. The lowest BCUT2D eigenvalue weighted by molar-refractivity contribution is -0.145. The Hall–Kier alpha value is -0.650. The molecule has 5 heteroatoms. The molecule has 0 aromatic carbocycles. The molecule has 1 rings (SSSR count). The molecule has 14 heavy (non-hydrogen) atoms. The first kappa shape index (κ1) is 11.4. The van der Waals surface area contributed by atoms with Crippen molar-refractivity contribution in [3.05, 3.63) is 0 Å². The van der Waals surface area contributed by atoms with Crippen LogP contribution in [0.25, 0.3) is 0 Å². The van der Waals surface area contributed by atoms with Crippen molar-refractivity contribution in [2.75, 3.05) is 26.7 Å². The van der Waals surface area contributed by atoms with E-state index >= 15 is 0 Å². The Labute approximate surface area is 83.7 Å². The molecule has 1 heterocycles. The van der Waals surface area contributed by atoms with Gasteiger partial charge < -0.3 is 15.5 Å². The average molecular weight is 202 g/mol. The van der Waals surface area contributed by atoms with E-state index in [9.17, 15) is 4.79 Å². The molecule has 0 aromatic rings. The normalized spacial score (nSPS) is 21.1. The molecule has 1 fully saturated rings. The van der Waals surface area contributed by atoms with Crippen molar-refractivity contribution in [2.24, 2.45) is 0 Å². The summed E-state index contributed by atoms with van der Waals surface area (Å²) < 4.78 is 0. The van der Waals surface area contributed by atoms with Crippen LogP contribution >= 0.6 is 0 Å². The summed E-state index contributed by atoms with van der Waals surface area (Å²) in [5.41, 5.74) is 0. The number of rotatable bonds is 4. The summed E-state index contributed by atoms with van der Waals surface area (Å²) in [6.45, 7) is 1.52. The molecule has 0 spiro atoms. The van der Waals surface area contributed by atoms with Crippen LogP contribution in [0.1, 0.15) is 12.8 Å². The van der Waals surface area contributed by atoms with Gasteiger partial charge in [0.15, 0.2) is 0 Å². The zero-order valence-electron chi connectivity index (χ0n) is 8.44. The van der Waals surface area contributed by atoms with E-state index in [0.29, 0.717) is 0 Å². The fourth-order valence-electron chi connectivity index (χ4n) is 1.85. The molecule has 0 saturated carbocycles. The number of aliphatic carboxylic acids is 1. The van der Waals surface area contributed by atoms with Gasteiger partial charge in [0.1, 0.15) is 6.04 Å². The number of hydrogen-bond donors (Lipinski definition) is 3. The quantitative estimate of drug-likeness (QED) is 0.552. The second-order valence-electron chi connectivity index (χ2n) is 3.68. The van der Waals surface area contributed by atoms with Crippen molar-refractivity contribution in [1.29, 1.82) is 0 Å². The lowest BCUT2D eigenvalue weighted by Gasteiger charge is -2.34. The van der Waals surface area contributed by atoms with Crippen LogP contribution in [0.4, 0.5) is 0 Å². The van der Waals surface area contributed by atoms with Crippen LogP contribution in [0.2, 0.25) is 0 Å². The Morgan fingerprint density at radius 3 is 2.57 bits per heavy atom. The third kappa shape index (κ3) is 2.67. The van der Waals surface area contributed by atoms with E-state index in [-0.39, 0.29) is 12.6 Å². The van der Waals surface area contributed by atoms with Gasteiger partial charge in [0.05, 0.1) is 6.61 Å². The SMILES string of the molecule is CN(C1CCNCC1)[C@@H](CO)C(=O)O. The maximum absolute atomic E-state index is 10.8. The van der Waals surface area contributed by atoms with Crippen LogP contribution in [-0.4, -0.2) is 59.9 Å². The summed E-state index contributed by atoms with van der Waals surface area (Å²) in [5.74, 6) is -0.950. The fraction of sp³-hybridized carbons (Fsp3) is 0.889. The van der Waals surface area contributed by atoms with E-state index in [4.69, 9.17) is 10.2 Å². The second-order valence-corrected chi connectivity index (χ2v) is 3.68. The van der Waals surface area contributed by atoms with E-state index in [1.807, 2.05) is 0 Å². The van der Waals surface area contributed by atoms with Crippen molar-refractivity contribution in [3.8, 4) is 0 Å². The van der Waals surface area contributed by atoms with Gasteiger partial charge in [-0.15, -0.1) is 0 Å². The number of likely N-dealkylation sites (N-methyl/N-ethyl adjacent to an activating group) is 1. The minimum absolute atomic E-state index is 0.268. The van der Waals surface area contributed by atoms with Gasteiger partial charge in [-0.05, 0) is 33.0 Å². The molecule has 0 unspecified atom stereocenters. The van der Waals surface area contributed by atoms with Crippen molar-refractivity contribution >= 4 is 5.97 Å². The van der Waals surface area contributed by atoms with Gasteiger partial charge in [-0.2, -0.15) is 0 Å². The lowest BCUT2D eigenvalue weighted by atomic mass is 10.0. The van der Waals surface area contributed by atoms with Crippen LogP contribution in [0.3, 0.4) is 0 Å². The molecule has 0 bridgehead atoms. The van der Waals surface area contributed by atoms with Crippen LogP contribution in [0, 0.1) is 0 Å². The van der Waals surface area contributed by atoms with E-state index in [1.54, 1.807) is 11.9 Å². The molecule has 1 aliphatic rings. The number of carbonyl (C=O) groups is 1. The largest absolute Gasteiger partial charge is 0.480 e. The van der Waals surface area contributed by atoms with Gasteiger partial charge in [-0.25, -0.2) is 0 Å². The molecule has 1 aliphatic heterocycles. The van der Waals surface area contributed by atoms with Gasteiger partial charge in [0.2, 0.25) is 0 Å². The van der Waals surface area contributed by atoms with Crippen molar-refractivity contribution < 1.29 is 15.0 Å². The van der Waals surface area contributed by atoms with Crippen LogP contribution in [0.5, 0.6) is 0 Å². The zero-order valence-corrected chi connectivity index (χ0v) is 8.44. The predicted octanol–water partition coefficient (Wildman–Crippen LogP) is -0.884. The number of carboxylic acid groups (broad SMARTS) is 1. The topological polar surface area (TPSA) is 72.8 Å². The monoisotopic (exact) mass is 202 g/mol. The standard InChI is InChI=1S/C9H18N2O3/c1-11(8(6-12)9(13)14)7-2-4-10-5-3-7/h7-8,10,12H,2-6H2,1H3,(H,13,14)/t8-/m0/s1. The molecule has 1 saturated heterocycles. The predicted molar refractivity (Wildman–Crippen MR) is 52.2 cm³/mol. The molecule has 0 aromatic heterocycles. The van der Waals surface area contributed by atoms with E-state index < -0.39 is 12.0 Å². The summed E-state index contributed by atoms with van der Waals surface area (Å²) in [6, 6.07) is -0.498. The molecule has 0 aliphatic carbocycles. The Balaban J connectivity index is 2.51. The van der Waals surface area contributed by atoms with Gasteiger partial charge in [0, 0.05) is 6.04 Å². The Kier molecular flexibility index (Phi) is 4.31. The first-order valence-corrected chi connectivity index (χ1v) is 4.93. The molecule has 0 radical (unpaired) electrons. The summed E-state index contributed by atoms with van der Waals surface area (Å²) in [7, 11) is 1.77. The van der Waals surface area contributed by atoms with Crippen molar-refractivity contribution in [3.63, 3.8) is 0 Å². The minimum Gasteiger partial charge on any atom is -0.480 e. The number of hydrogen-bond acceptors (Lipinski definition) is 4. The Bertz CT molecular complexity index is 192. The number of aliphatic hydroxyl groups excluding tert-OH is 1. The number of nitrogens with one attached hydrogen (secondary N) is 1. The average Bonchev–Trinajstić information content (AvgIpc) is 2.19. The summed E-state index contributed by atoms with van der Waals surface area (Å²) >= 11 is 0. The second kappa shape index (κ2) is 5.29. The molecular formula is C9H18N2O3. The Morgan fingerprint density at radius 1 is 1.57 bits per heavy atom. The van der Waals surface area contributed by atoms with Crippen molar-refractivity contribution in [2.45, 2.75) is 24.9 Å². The number of piperidine rings is 1. The first-order chi connectivity index (χ1) is 6.66. The Morgan fingerprint density at radius 2 is 2.14 bits per heavy atom. The van der Waals surface area contributed by atoms with E-state index in [2.05, 4.69) is 5.32 Å². The number of nitrogens with zero attached hydrogens (tertiary/aromatic N) is 1. The first-order valence-electron chi connectivity index (χ1n) is 4.93. The molecular weight excluding hydrogens is 184 g/mol. The van der Waals surface area contributed by atoms with E-state index in [1.165, 1.54) is 0 Å². The number of carboxylic acids is 1. The number of aliphatic hydroxyl groups is 1. The highest BCUT2D eigenvalue weighted by atomic mass is 16.4. The van der Waals surface area contributed by atoms with Gasteiger partial charge >= 0.3 is 5.97 Å². The molecule has 82 valence electrons. The van der Waals surface area contributed by atoms with Crippen LogP contribution in [-0.2, 0) is 4.79 Å². The van der Waals surface area contributed by atoms with Crippen LogP contribution < -0.4 is 5.32 Å². The van der Waals surface area contributed by atoms with E-state index in [0.717, 1.165) is 25.9 Å². The van der Waals surface area contributed by atoms with Gasteiger partial charge in [0.25, 0.3) is 0 Å². The highest BCUT2D eigenvalue weighted by Gasteiger charge is 2.28. The van der Waals surface area contributed by atoms with Crippen molar-refractivity contribution in [1.82, 2.24) is 10.2 Å². The van der Waals surface area contributed by atoms with Gasteiger partial charge in [-0.1, -0.05) is 0 Å². The molecule has 5 nitrogen and oxygen atoms in total.